The zero-order valence-electron chi connectivity index (χ0n) is 15.2. The molecule has 0 radical (unpaired) electrons. The zero-order chi connectivity index (χ0) is 16.9. The lowest BCUT2D eigenvalue weighted by molar-refractivity contribution is 0.0656. The van der Waals surface area contributed by atoms with E-state index in [1.807, 2.05) is 12.1 Å². The highest BCUT2D eigenvalue weighted by Crippen LogP contribution is 2.28. The molecular formula is C20H32N2O2. The summed E-state index contributed by atoms with van der Waals surface area (Å²) in [4.78, 5) is 5.25. The van der Waals surface area contributed by atoms with Crippen LogP contribution in [0.15, 0.2) is 18.2 Å². The summed E-state index contributed by atoms with van der Waals surface area (Å²) in [6.45, 7) is 8.05. The molecule has 1 saturated carbocycles. The summed E-state index contributed by atoms with van der Waals surface area (Å²) in [6, 6.07) is 6.86. The molecule has 0 bridgehead atoms. The quantitative estimate of drug-likeness (QED) is 0.899. The molecule has 1 aromatic carbocycles. The largest absolute Gasteiger partial charge is 0.496 e. The van der Waals surface area contributed by atoms with Gasteiger partial charge in [0, 0.05) is 44.3 Å². The Morgan fingerprint density at radius 2 is 1.96 bits per heavy atom. The summed E-state index contributed by atoms with van der Waals surface area (Å²) in [5.74, 6) is 1.79. The van der Waals surface area contributed by atoms with Gasteiger partial charge in [-0.25, -0.2) is 0 Å². The fourth-order valence-electron chi connectivity index (χ4n) is 4.28. The van der Waals surface area contributed by atoms with Crippen LogP contribution in [0.4, 0.5) is 0 Å². The van der Waals surface area contributed by atoms with Crippen molar-refractivity contribution in [1.29, 1.82) is 0 Å². The Morgan fingerprint density at radius 3 is 2.62 bits per heavy atom. The number of aliphatic hydroxyl groups excluding tert-OH is 1. The minimum Gasteiger partial charge on any atom is -0.496 e. The number of hydrogen-bond acceptors (Lipinski definition) is 4. The lowest BCUT2D eigenvalue weighted by atomic mass is 9.86. The first-order valence-corrected chi connectivity index (χ1v) is 9.42. The van der Waals surface area contributed by atoms with Crippen molar-refractivity contribution >= 4 is 0 Å². The minimum atomic E-state index is 0.0646. The predicted octanol–water partition coefficient (Wildman–Crippen LogP) is 2.88. The first kappa shape index (κ1) is 17.7. The van der Waals surface area contributed by atoms with Crippen LogP contribution in [0.2, 0.25) is 0 Å². The van der Waals surface area contributed by atoms with Crippen LogP contribution in [0.25, 0.3) is 0 Å². The van der Waals surface area contributed by atoms with Crippen molar-refractivity contribution in [2.75, 3.05) is 33.3 Å². The number of nitrogens with zero attached hydrogens (tertiary/aromatic N) is 2. The van der Waals surface area contributed by atoms with Crippen LogP contribution in [0.1, 0.15) is 43.7 Å². The lowest BCUT2D eigenvalue weighted by Crippen LogP contribution is -2.50. The van der Waals surface area contributed by atoms with E-state index in [4.69, 9.17) is 4.74 Å². The van der Waals surface area contributed by atoms with E-state index >= 15 is 0 Å². The number of piperazine rings is 1. The molecule has 24 heavy (non-hydrogen) atoms. The van der Waals surface area contributed by atoms with Gasteiger partial charge in [0.1, 0.15) is 5.75 Å². The molecule has 0 aromatic heterocycles. The summed E-state index contributed by atoms with van der Waals surface area (Å²) in [6.07, 6.45) is 5.60. The van der Waals surface area contributed by atoms with Gasteiger partial charge >= 0.3 is 0 Å². The molecule has 0 spiro atoms. The van der Waals surface area contributed by atoms with Crippen molar-refractivity contribution in [3.63, 3.8) is 0 Å². The fraction of sp³-hybridized carbons (Fsp3) is 0.700. The third-order valence-corrected chi connectivity index (χ3v) is 5.76. The molecule has 4 nitrogen and oxygen atoms in total. The van der Waals surface area contributed by atoms with E-state index in [1.165, 1.54) is 44.3 Å². The average molecular weight is 332 g/mol. The molecule has 1 N–H and O–H groups in total. The fourth-order valence-corrected chi connectivity index (χ4v) is 4.28. The molecule has 2 atom stereocenters. The van der Waals surface area contributed by atoms with Crippen molar-refractivity contribution in [3.05, 3.63) is 29.3 Å². The van der Waals surface area contributed by atoms with E-state index in [1.54, 1.807) is 7.11 Å². The van der Waals surface area contributed by atoms with Gasteiger partial charge in [0.2, 0.25) is 0 Å². The first-order chi connectivity index (χ1) is 11.7. The molecule has 1 aliphatic carbocycles. The highest BCUT2D eigenvalue weighted by Gasteiger charge is 2.27. The summed E-state index contributed by atoms with van der Waals surface area (Å²) >= 11 is 0. The Kier molecular flexibility index (Phi) is 6.14. The first-order valence-electron chi connectivity index (χ1n) is 9.42. The van der Waals surface area contributed by atoms with E-state index in [-0.39, 0.29) is 6.61 Å². The number of aliphatic hydroxyl groups is 1. The second kappa shape index (κ2) is 8.32. The van der Waals surface area contributed by atoms with E-state index in [2.05, 4.69) is 22.8 Å². The van der Waals surface area contributed by atoms with Gasteiger partial charge in [-0.2, -0.15) is 0 Å². The second-order valence-corrected chi connectivity index (χ2v) is 7.54. The van der Waals surface area contributed by atoms with Gasteiger partial charge in [-0.3, -0.25) is 9.80 Å². The van der Waals surface area contributed by atoms with E-state index in [0.29, 0.717) is 0 Å². The van der Waals surface area contributed by atoms with Crippen molar-refractivity contribution in [1.82, 2.24) is 9.80 Å². The van der Waals surface area contributed by atoms with Gasteiger partial charge in [0.05, 0.1) is 13.7 Å². The Hall–Kier alpha value is -1.10. The third kappa shape index (κ3) is 4.29. The molecular weight excluding hydrogens is 300 g/mol. The van der Waals surface area contributed by atoms with Crippen LogP contribution in [-0.4, -0.2) is 54.2 Å². The SMILES string of the molecule is COc1cc(CO)ccc1CN1CCN(C2CCCC(C)C2)CC1. The summed E-state index contributed by atoms with van der Waals surface area (Å²) < 4.78 is 5.51. The summed E-state index contributed by atoms with van der Waals surface area (Å²) in [7, 11) is 1.71. The summed E-state index contributed by atoms with van der Waals surface area (Å²) in [5.41, 5.74) is 2.13. The lowest BCUT2D eigenvalue weighted by Gasteiger charge is -2.42. The van der Waals surface area contributed by atoms with Gasteiger partial charge in [0.15, 0.2) is 0 Å². The normalized spacial score (nSPS) is 26.5. The van der Waals surface area contributed by atoms with Crippen LogP contribution in [0.5, 0.6) is 5.75 Å². The third-order valence-electron chi connectivity index (χ3n) is 5.76. The van der Waals surface area contributed by atoms with Crippen molar-refractivity contribution in [2.45, 2.75) is 51.8 Å². The van der Waals surface area contributed by atoms with Crippen molar-refractivity contribution in [3.8, 4) is 5.75 Å². The number of hydrogen-bond donors (Lipinski definition) is 1. The number of ether oxygens (including phenoxy) is 1. The molecule has 0 amide bonds. The molecule has 134 valence electrons. The zero-order valence-corrected chi connectivity index (χ0v) is 15.2. The van der Waals surface area contributed by atoms with Gasteiger partial charge < -0.3 is 9.84 Å². The number of benzene rings is 1. The van der Waals surface area contributed by atoms with Crippen LogP contribution in [0, 0.1) is 5.92 Å². The number of rotatable bonds is 5. The molecule has 1 aliphatic heterocycles. The Bertz CT molecular complexity index is 526. The average Bonchev–Trinajstić information content (AvgIpc) is 2.62. The Balaban J connectivity index is 1.54. The monoisotopic (exact) mass is 332 g/mol. The topological polar surface area (TPSA) is 35.9 Å². The van der Waals surface area contributed by atoms with E-state index in [0.717, 1.165) is 42.9 Å². The van der Waals surface area contributed by atoms with E-state index in [9.17, 15) is 5.11 Å². The molecule has 1 heterocycles. The van der Waals surface area contributed by atoms with Crippen LogP contribution in [-0.2, 0) is 13.2 Å². The Labute approximate surface area is 146 Å². The predicted molar refractivity (Wildman–Crippen MR) is 97.2 cm³/mol. The van der Waals surface area contributed by atoms with Gasteiger partial charge in [-0.1, -0.05) is 31.9 Å². The Morgan fingerprint density at radius 1 is 1.17 bits per heavy atom. The maximum atomic E-state index is 9.27. The molecule has 4 heteroatoms. The molecule has 2 aliphatic rings. The van der Waals surface area contributed by atoms with Gasteiger partial charge in [-0.15, -0.1) is 0 Å². The van der Waals surface area contributed by atoms with Gasteiger partial charge in [-0.05, 0) is 30.4 Å². The molecule has 2 unspecified atom stereocenters. The van der Waals surface area contributed by atoms with Crippen LogP contribution in [0.3, 0.4) is 0 Å². The molecule has 2 fully saturated rings. The molecule has 1 aromatic rings. The summed E-state index contributed by atoms with van der Waals surface area (Å²) in [5, 5.41) is 9.27. The van der Waals surface area contributed by atoms with Crippen LogP contribution >= 0.6 is 0 Å². The standard InChI is InChI=1S/C20H32N2O2/c1-16-4-3-5-19(12-16)22-10-8-21(9-11-22)14-18-7-6-17(15-23)13-20(18)24-2/h6-7,13,16,19,23H,3-5,8-12,14-15H2,1-2H3. The number of methoxy groups -OCH3 is 1. The highest BCUT2D eigenvalue weighted by atomic mass is 16.5. The van der Waals surface area contributed by atoms with Crippen LogP contribution < -0.4 is 4.74 Å². The van der Waals surface area contributed by atoms with Crippen molar-refractivity contribution in [2.24, 2.45) is 5.92 Å². The molecule has 3 rings (SSSR count). The second-order valence-electron chi connectivity index (χ2n) is 7.54. The molecule has 1 saturated heterocycles. The maximum absolute atomic E-state index is 9.27. The van der Waals surface area contributed by atoms with Crippen molar-refractivity contribution < 1.29 is 9.84 Å². The van der Waals surface area contributed by atoms with E-state index < -0.39 is 0 Å². The minimum absolute atomic E-state index is 0.0646. The van der Waals surface area contributed by atoms with Gasteiger partial charge in [0.25, 0.3) is 0 Å². The highest BCUT2D eigenvalue weighted by molar-refractivity contribution is 5.37. The maximum Gasteiger partial charge on any atom is 0.123 e. The smallest absolute Gasteiger partial charge is 0.123 e.